The van der Waals surface area contributed by atoms with Crippen LogP contribution in [-0.2, 0) is 10.0 Å². The first-order valence-electron chi connectivity index (χ1n) is 6.41. The molecule has 0 radical (unpaired) electrons. The molecule has 0 aliphatic heterocycles. The third kappa shape index (κ3) is 2.30. The fourth-order valence-electron chi connectivity index (χ4n) is 2.24. The number of anilines is 1. The van der Waals surface area contributed by atoms with Crippen LogP contribution < -0.4 is 4.72 Å². The molecule has 0 saturated heterocycles. The quantitative estimate of drug-likeness (QED) is 0.587. The highest BCUT2D eigenvalue weighted by molar-refractivity contribution is 7.93. The second-order valence-electron chi connectivity index (χ2n) is 4.78. The summed E-state index contributed by atoms with van der Waals surface area (Å²) in [6, 6.07) is 7.83. The van der Waals surface area contributed by atoms with Crippen LogP contribution in [0, 0.1) is 0 Å². The van der Waals surface area contributed by atoms with Crippen molar-refractivity contribution in [3.63, 3.8) is 0 Å². The highest BCUT2D eigenvalue weighted by Crippen LogP contribution is 2.28. The summed E-state index contributed by atoms with van der Waals surface area (Å²) in [5.74, 6) is 0. The molecule has 2 N–H and O–H groups in total. The van der Waals surface area contributed by atoms with E-state index in [1.54, 1.807) is 24.4 Å². The van der Waals surface area contributed by atoms with Crippen molar-refractivity contribution >= 4 is 49.2 Å². The first kappa shape index (κ1) is 14.0. The molecule has 0 aliphatic carbocycles. The Morgan fingerprint density at radius 2 is 1.96 bits per heavy atom. The number of hydrogen-bond donors (Lipinski definition) is 2. The zero-order chi connectivity index (χ0) is 16.0. The standard InChI is InChI=1S/C13H8ClN5O3S/c14-9-3-4-11(13-12(9)17-22-18-13)23(20,21)19-8-2-1-7-6-15-16-10(7)5-8/h1-6,19H,(H,15,16). The van der Waals surface area contributed by atoms with E-state index < -0.39 is 10.0 Å². The van der Waals surface area contributed by atoms with Gasteiger partial charge in [-0.2, -0.15) is 5.10 Å². The van der Waals surface area contributed by atoms with Gasteiger partial charge in [-0.1, -0.05) is 11.6 Å². The van der Waals surface area contributed by atoms with Gasteiger partial charge in [0.15, 0.2) is 11.0 Å². The molecule has 0 spiro atoms. The Balaban J connectivity index is 1.79. The van der Waals surface area contributed by atoms with Gasteiger partial charge < -0.3 is 0 Å². The van der Waals surface area contributed by atoms with Crippen LogP contribution in [0.1, 0.15) is 0 Å². The Morgan fingerprint density at radius 3 is 2.83 bits per heavy atom. The number of aromatic nitrogens is 4. The fraction of sp³-hybridized carbons (Fsp3) is 0. The van der Waals surface area contributed by atoms with Crippen LogP contribution in [-0.4, -0.2) is 28.9 Å². The van der Waals surface area contributed by atoms with E-state index in [2.05, 4.69) is 29.9 Å². The fourth-order valence-corrected chi connectivity index (χ4v) is 3.61. The minimum atomic E-state index is -3.88. The Bertz CT molecular complexity index is 1130. The van der Waals surface area contributed by atoms with Crippen LogP contribution in [0.2, 0.25) is 5.02 Å². The predicted octanol–water partition coefficient (Wildman–Crippen LogP) is 2.55. The van der Waals surface area contributed by atoms with E-state index in [0.29, 0.717) is 5.69 Å². The lowest BCUT2D eigenvalue weighted by Gasteiger charge is -2.08. The normalized spacial score (nSPS) is 12.0. The zero-order valence-corrected chi connectivity index (χ0v) is 12.9. The lowest BCUT2D eigenvalue weighted by atomic mass is 10.2. The highest BCUT2D eigenvalue weighted by Gasteiger charge is 2.22. The molecule has 10 heteroatoms. The lowest BCUT2D eigenvalue weighted by Crippen LogP contribution is -2.13. The number of benzene rings is 2. The number of nitrogens with zero attached hydrogens (tertiary/aromatic N) is 3. The molecular weight excluding hydrogens is 342 g/mol. The molecule has 2 aromatic heterocycles. The van der Waals surface area contributed by atoms with E-state index in [1.165, 1.54) is 12.1 Å². The van der Waals surface area contributed by atoms with Gasteiger partial charge in [0.1, 0.15) is 4.90 Å². The molecule has 2 aromatic carbocycles. The summed E-state index contributed by atoms with van der Waals surface area (Å²) in [4.78, 5) is -0.0668. The van der Waals surface area contributed by atoms with Gasteiger partial charge in [-0.05, 0) is 40.6 Å². The number of sulfonamides is 1. The second-order valence-corrected chi connectivity index (χ2v) is 6.84. The number of halogens is 1. The smallest absolute Gasteiger partial charge is 0.264 e. The van der Waals surface area contributed by atoms with Gasteiger partial charge in [0.2, 0.25) is 0 Å². The molecule has 4 aromatic rings. The molecule has 8 nitrogen and oxygen atoms in total. The average Bonchev–Trinajstić information content (AvgIpc) is 3.15. The number of aromatic amines is 1. The topological polar surface area (TPSA) is 114 Å². The van der Waals surface area contributed by atoms with E-state index in [9.17, 15) is 8.42 Å². The van der Waals surface area contributed by atoms with Crippen molar-refractivity contribution in [3.05, 3.63) is 41.6 Å². The third-order valence-corrected chi connectivity index (χ3v) is 5.03. The van der Waals surface area contributed by atoms with Crippen LogP contribution in [0.15, 0.2) is 46.1 Å². The Labute approximate surface area is 134 Å². The van der Waals surface area contributed by atoms with E-state index in [4.69, 9.17) is 11.6 Å². The predicted molar refractivity (Wildman–Crippen MR) is 83.7 cm³/mol. The lowest BCUT2D eigenvalue weighted by molar-refractivity contribution is 0.315. The molecule has 0 bridgehead atoms. The van der Waals surface area contributed by atoms with Crippen molar-refractivity contribution in [2.75, 3.05) is 4.72 Å². The van der Waals surface area contributed by atoms with Crippen LogP contribution >= 0.6 is 11.6 Å². The molecule has 23 heavy (non-hydrogen) atoms. The maximum Gasteiger partial charge on any atom is 0.264 e. The van der Waals surface area contributed by atoms with Gasteiger partial charge in [-0.3, -0.25) is 9.82 Å². The minimum absolute atomic E-state index is 0.0668. The molecule has 2 heterocycles. The molecule has 0 amide bonds. The summed E-state index contributed by atoms with van der Waals surface area (Å²) < 4.78 is 32.3. The summed E-state index contributed by atoms with van der Waals surface area (Å²) in [6.45, 7) is 0. The van der Waals surface area contributed by atoms with Crippen molar-refractivity contribution in [2.45, 2.75) is 4.90 Å². The van der Waals surface area contributed by atoms with E-state index >= 15 is 0 Å². The molecule has 4 rings (SSSR count). The van der Waals surface area contributed by atoms with Gasteiger partial charge in [0.05, 0.1) is 22.4 Å². The summed E-state index contributed by atoms with van der Waals surface area (Å²) in [7, 11) is -3.88. The summed E-state index contributed by atoms with van der Waals surface area (Å²) in [5, 5.41) is 15.0. The van der Waals surface area contributed by atoms with Crippen molar-refractivity contribution in [2.24, 2.45) is 0 Å². The van der Waals surface area contributed by atoms with Crippen LogP contribution in [0.4, 0.5) is 5.69 Å². The van der Waals surface area contributed by atoms with Gasteiger partial charge >= 0.3 is 0 Å². The maximum atomic E-state index is 12.6. The SMILES string of the molecule is O=S(=O)(Nc1ccc2cn[nH]c2c1)c1ccc(Cl)c2nonc12. The molecule has 0 unspecified atom stereocenters. The molecule has 0 fully saturated rings. The number of fused-ring (bicyclic) bond motifs is 2. The Morgan fingerprint density at radius 1 is 1.13 bits per heavy atom. The van der Waals surface area contributed by atoms with E-state index in [1.807, 2.05) is 0 Å². The minimum Gasteiger partial charge on any atom is -0.279 e. The zero-order valence-electron chi connectivity index (χ0n) is 11.3. The highest BCUT2D eigenvalue weighted by atomic mass is 35.5. The van der Waals surface area contributed by atoms with Crippen molar-refractivity contribution in [1.29, 1.82) is 0 Å². The number of hydrogen-bond acceptors (Lipinski definition) is 6. The van der Waals surface area contributed by atoms with Crippen LogP contribution in [0.25, 0.3) is 21.9 Å². The van der Waals surface area contributed by atoms with Gasteiger partial charge in [0, 0.05) is 5.39 Å². The van der Waals surface area contributed by atoms with Gasteiger partial charge in [-0.25, -0.2) is 13.0 Å². The molecular formula is C13H8ClN5O3S. The van der Waals surface area contributed by atoms with Gasteiger partial charge in [-0.15, -0.1) is 0 Å². The van der Waals surface area contributed by atoms with Crippen LogP contribution in [0.3, 0.4) is 0 Å². The first-order valence-corrected chi connectivity index (χ1v) is 8.27. The molecule has 0 aliphatic rings. The molecule has 0 atom stereocenters. The Hall–Kier alpha value is -2.65. The van der Waals surface area contributed by atoms with Gasteiger partial charge in [0.25, 0.3) is 10.0 Å². The molecule has 0 saturated carbocycles. The largest absolute Gasteiger partial charge is 0.279 e. The van der Waals surface area contributed by atoms with E-state index in [-0.39, 0.29) is 21.0 Å². The maximum absolute atomic E-state index is 12.6. The van der Waals surface area contributed by atoms with Crippen molar-refractivity contribution in [3.8, 4) is 0 Å². The molecule has 116 valence electrons. The number of nitrogens with one attached hydrogen (secondary N) is 2. The van der Waals surface area contributed by atoms with Crippen LogP contribution in [0.5, 0.6) is 0 Å². The number of rotatable bonds is 3. The monoisotopic (exact) mass is 349 g/mol. The van der Waals surface area contributed by atoms with E-state index in [0.717, 1.165) is 10.9 Å². The first-order chi connectivity index (χ1) is 11.0. The average molecular weight is 350 g/mol. The third-order valence-electron chi connectivity index (χ3n) is 3.31. The van der Waals surface area contributed by atoms with Crippen molar-refractivity contribution in [1.82, 2.24) is 20.5 Å². The summed E-state index contributed by atoms with van der Waals surface area (Å²) in [5.41, 5.74) is 1.38. The summed E-state index contributed by atoms with van der Waals surface area (Å²) >= 11 is 5.94. The second kappa shape index (κ2) is 4.93. The summed E-state index contributed by atoms with van der Waals surface area (Å²) in [6.07, 6.45) is 1.65. The van der Waals surface area contributed by atoms with Crippen molar-refractivity contribution < 1.29 is 13.0 Å². The number of H-pyrrole nitrogens is 1. The Kier molecular flexibility index (Phi) is 3.00.